The second kappa shape index (κ2) is 6.30. The number of hydrogen-bond acceptors (Lipinski definition) is 5. The lowest BCUT2D eigenvalue weighted by Gasteiger charge is -2.27. The molecule has 5 heteroatoms. The average Bonchev–Trinajstić information content (AvgIpc) is 3.20. The number of pyridine rings is 1. The maximum atomic E-state index is 9.95. The van der Waals surface area contributed by atoms with E-state index in [0.717, 1.165) is 31.4 Å². The second-order valence-corrected chi connectivity index (χ2v) is 6.64. The Morgan fingerprint density at radius 3 is 2.81 bits per heavy atom. The molecule has 1 aromatic heterocycles. The lowest BCUT2D eigenvalue weighted by Crippen LogP contribution is -2.38. The monoisotopic (exact) mass is 290 g/mol. The van der Waals surface area contributed by atoms with Crippen molar-refractivity contribution < 1.29 is 5.11 Å². The zero-order valence-electron chi connectivity index (χ0n) is 13.0. The van der Waals surface area contributed by atoms with Crippen molar-refractivity contribution in [1.82, 2.24) is 15.2 Å². The van der Waals surface area contributed by atoms with Crippen molar-refractivity contribution in [2.24, 2.45) is 0 Å². The van der Waals surface area contributed by atoms with Crippen LogP contribution in [0.15, 0.2) is 18.3 Å². The standard InChI is InChI=1S/C16H26N4O/c1-19(2)10-14-7-15(21)11-20(14)16-6-3-12(9-18-16)8-17-13-4-5-13/h3,6,9,13-15,17,21H,4-5,7-8,10-11H2,1-2H3. The summed E-state index contributed by atoms with van der Waals surface area (Å²) in [5, 5.41) is 13.5. The quantitative estimate of drug-likeness (QED) is 0.813. The maximum Gasteiger partial charge on any atom is 0.128 e. The van der Waals surface area contributed by atoms with Crippen LogP contribution in [0.4, 0.5) is 5.82 Å². The van der Waals surface area contributed by atoms with Gasteiger partial charge in [0.2, 0.25) is 0 Å². The Morgan fingerprint density at radius 1 is 1.38 bits per heavy atom. The fraction of sp³-hybridized carbons (Fsp3) is 0.688. The molecule has 3 rings (SSSR count). The smallest absolute Gasteiger partial charge is 0.128 e. The number of rotatable bonds is 6. The van der Waals surface area contributed by atoms with Crippen LogP contribution >= 0.6 is 0 Å². The van der Waals surface area contributed by atoms with Crippen molar-refractivity contribution in [2.45, 2.75) is 44.0 Å². The Morgan fingerprint density at radius 2 is 2.19 bits per heavy atom. The summed E-state index contributed by atoms with van der Waals surface area (Å²) in [6.45, 7) is 2.54. The number of aromatic nitrogens is 1. The van der Waals surface area contributed by atoms with Gasteiger partial charge in [-0.3, -0.25) is 0 Å². The third kappa shape index (κ3) is 3.93. The molecule has 0 amide bonds. The van der Waals surface area contributed by atoms with Gasteiger partial charge in [-0.05, 0) is 45.0 Å². The van der Waals surface area contributed by atoms with Crippen molar-refractivity contribution in [3.05, 3.63) is 23.9 Å². The van der Waals surface area contributed by atoms with E-state index in [-0.39, 0.29) is 6.10 Å². The van der Waals surface area contributed by atoms with Gasteiger partial charge in [0, 0.05) is 37.9 Å². The van der Waals surface area contributed by atoms with E-state index >= 15 is 0 Å². The first-order valence-corrected chi connectivity index (χ1v) is 7.89. The van der Waals surface area contributed by atoms with Crippen molar-refractivity contribution >= 4 is 5.82 Å². The third-order valence-electron chi connectivity index (χ3n) is 4.24. The molecule has 21 heavy (non-hydrogen) atoms. The van der Waals surface area contributed by atoms with Crippen LogP contribution < -0.4 is 10.2 Å². The number of nitrogens with zero attached hydrogens (tertiary/aromatic N) is 3. The highest BCUT2D eigenvalue weighted by Crippen LogP contribution is 2.25. The molecule has 1 aliphatic carbocycles. The predicted molar refractivity (Wildman–Crippen MR) is 84.4 cm³/mol. The SMILES string of the molecule is CN(C)CC1CC(O)CN1c1ccc(CNC2CC2)cn1. The number of aliphatic hydroxyl groups excluding tert-OH is 1. The number of nitrogens with one attached hydrogen (secondary N) is 1. The molecule has 0 bridgehead atoms. The van der Waals surface area contributed by atoms with Crippen LogP contribution in [-0.4, -0.2) is 60.4 Å². The average molecular weight is 290 g/mol. The van der Waals surface area contributed by atoms with Gasteiger partial charge in [0.1, 0.15) is 5.82 Å². The number of aliphatic hydroxyl groups is 1. The largest absolute Gasteiger partial charge is 0.391 e. The highest BCUT2D eigenvalue weighted by Gasteiger charge is 2.32. The maximum absolute atomic E-state index is 9.95. The van der Waals surface area contributed by atoms with Crippen LogP contribution in [0.3, 0.4) is 0 Å². The molecule has 2 aliphatic rings. The molecule has 1 aliphatic heterocycles. The number of β-amino-alcohol motifs (C(OH)–C–C–N with tert-alkyl or cyclic N) is 1. The Balaban J connectivity index is 1.63. The van der Waals surface area contributed by atoms with Crippen LogP contribution in [0.2, 0.25) is 0 Å². The summed E-state index contributed by atoms with van der Waals surface area (Å²) >= 11 is 0. The van der Waals surface area contributed by atoms with E-state index < -0.39 is 0 Å². The first kappa shape index (κ1) is 14.8. The molecule has 116 valence electrons. The molecule has 2 heterocycles. The van der Waals surface area contributed by atoms with E-state index in [0.29, 0.717) is 12.6 Å². The van der Waals surface area contributed by atoms with Gasteiger partial charge in [-0.25, -0.2) is 4.98 Å². The Bertz CT molecular complexity index is 458. The van der Waals surface area contributed by atoms with Crippen LogP contribution in [0.1, 0.15) is 24.8 Å². The van der Waals surface area contributed by atoms with Crippen LogP contribution in [0.5, 0.6) is 0 Å². The molecule has 5 nitrogen and oxygen atoms in total. The molecule has 1 aromatic rings. The summed E-state index contributed by atoms with van der Waals surface area (Å²) in [5.41, 5.74) is 1.23. The van der Waals surface area contributed by atoms with E-state index in [4.69, 9.17) is 0 Å². The zero-order chi connectivity index (χ0) is 14.8. The summed E-state index contributed by atoms with van der Waals surface area (Å²) < 4.78 is 0. The van der Waals surface area contributed by atoms with E-state index in [2.05, 4.69) is 46.3 Å². The van der Waals surface area contributed by atoms with Gasteiger partial charge >= 0.3 is 0 Å². The minimum atomic E-state index is -0.243. The van der Waals surface area contributed by atoms with E-state index in [1.807, 2.05) is 6.20 Å². The first-order valence-electron chi connectivity index (χ1n) is 7.89. The Labute approximate surface area is 127 Å². The summed E-state index contributed by atoms with van der Waals surface area (Å²) in [7, 11) is 4.14. The molecular weight excluding hydrogens is 264 g/mol. The lowest BCUT2D eigenvalue weighted by molar-refractivity contribution is 0.191. The second-order valence-electron chi connectivity index (χ2n) is 6.64. The fourth-order valence-electron chi connectivity index (χ4n) is 3.01. The van der Waals surface area contributed by atoms with Gasteiger partial charge in [0.25, 0.3) is 0 Å². The lowest BCUT2D eigenvalue weighted by atomic mass is 10.2. The van der Waals surface area contributed by atoms with Gasteiger partial charge < -0.3 is 20.2 Å². The molecule has 0 radical (unpaired) electrons. The molecule has 1 saturated heterocycles. The van der Waals surface area contributed by atoms with Gasteiger partial charge in [-0.1, -0.05) is 6.07 Å². The molecule has 1 saturated carbocycles. The van der Waals surface area contributed by atoms with Gasteiger partial charge in [0.05, 0.1) is 6.10 Å². The number of likely N-dealkylation sites (N-methyl/N-ethyl adjacent to an activating group) is 1. The molecule has 2 fully saturated rings. The van der Waals surface area contributed by atoms with Crippen molar-refractivity contribution in [3.63, 3.8) is 0 Å². The van der Waals surface area contributed by atoms with Crippen LogP contribution in [0.25, 0.3) is 0 Å². The molecule has 2 unspecified atom stereocenters. The summed E-state index contributed by atoms with van der Waals surface area (Å²) in [5.74, 6) is 0.980. The highest BCUT2D eigenvalue weighted by molar-refractivity contribution is 5.42. The zero-order valence-corrected chi connectivity index (χ0v) is 13.0. The minimum absolute atomic E-state index is 0.243. The summed E-state index contributed by atoms with van der Waals surface area (Å²) in [4.78, 5) is 9.02. The summed E-state index contributed by atoms with van der Waals surface area (Å²) in [6, 6.07) is 5.31. The van der Waals surface area contributed by atoms with Gasteiger partial charge in [0.15, 0.2) is 0 Å². The van der Waals surface area contributed by atoms with Crippen molar-refractivity contribution in [2.75, 3.05) is 32.1 Å². The van der Waals surface area contributed by atoms with E-state index in [1.165, 1.54) is 18.4 Å². The summed E-state index contributed by atoms with van der Waals surface area (Å²) in [6.07, 6.45) is 5.16. The van der Waals surface area contributed by atoms with Crippen molar-refractivity contribution in [3.8, 4) is 0 Å². The topological polar surface area (TPSA) is 51.6 Å². The molecular formula is C16H26N4O. The first-order chi connectivity index (χ1) is 10.1. The molecule has 2 atom stereocenters. The minimum Gasteiger partial charge on any atom is -0.391 e. The fourth-order valence-corrected chi connectivity index (χ4v) is 3.01. The molecule has 2 N–H and O–H groups in total. The Hall–Kier alpha value is -1.17. The molecule has 0 spiro atoms. The third-order valence-corrected chi connectivity index (χ3v) is 4.24. The number of anilines is 1. The van der Waals surface area contributed by atoms with Crippen LogP contribution in [-0.2, 0) is 6.54 Å². The van der Waals surface area contributed by atoms with Gasteiger partial charge in [-0.2, -0.15) is 0 Å². The highest BCUT2D eigenvalue weighted by atomic mass is 16.3. The van der Waals surface area contributed by atoms with Gasteiger partial charge in [-0.15, -0.1) is 0 Å². The Kier molecular flexibility index (Phi) is 4.42. The van der Waals surface area contributed by atoms with Crippen molar-refractivity contribution in [1.29, 1.82) is 0 Å². The molecule has 0 aromatic carbocycles. The number of hydrogen-bond donors (Lipinski definition) is 2. The van der Waals surface area contributed by atoms with E-state index in [9.17, 15) is 5.11 Å². The van der Waals surface area contributed by atoms with E-state index in [1.54, 1.807) is 0 Å². The van der Waals surface area contributed by atoms with Crippen LogP contribution in [0, 0.1) is 0 Å². The normalized spacial score (nSPS) is 25.8. The predicted octanol–water partition coefficient (Wildman–Crippen LogP) is 0.835.